The van der Waals surface area contributed by atoms with Gasteiger partial charge in [0.25, 0.3) is 0 Å². The number of hydrogen-bond acceptors (Lipinski definition) is 6. The van der Waals surface area contributed by atoms with Crippen LogP contribution in [0.15, 0.2) is 24.3 Å². The van der Waals surface area contributed by atoms with Gasteiger partial charge in [-0.05, 0) is 44.9 Å². The Morgan fingerprint density at radius 3 is 0.952 bits per heavy atom. The number of hydrogen-bond donors (Lipinski definition) is 0. The predicted octanol–water partition coefficient (Wildman–Crippen LogP) is 17.9. The van der Waals surface area contributed by atoms with Gasteiger partial charge in [-0.15, -0.1) is 0 Å². The van der Waals surface area contributed by atoms with Crippen molar-refractivity contribution < 1.29 is 28.6 Å². The van der Waals surface area contributed by atoms with Gasteiger partial charge in [-0.1, -0.05) is 257 Å². The highest BCUT2D eigenvalue weighted by Crippen LogP contribution is 2.17. The fraction of sp³-hybridized carbons (Fsp3) is 0.875. The zero-order chi connectivity index (χ0) is 45.1. The second kappa shape index (κ2) is 51.5. The minimum absolute atomic E-state index is 0.0728. The minimum atomic E-state index is -0.771. The number of carbonyl (C=O) groups excluding carboxylic acids is 3. The van der Waals surface area contributed by atoms with E-state index in [9.17, 15) is 14.4 Å². The molecule has 0 saturated carbocycles. The Balaban J connectivity index is 4.09. The van der Waals surface area contributed by atoms with Gasteiger partial charge in [0.2, 0.25) is 0 Å². The van der Waals surface area contributed by atoms with Gasteiger partial charge in [0.1, 0.15) is 13.2 Å². The van der Waals surface area contributed by atoms with E-state index in [0.29, 0.717) is 19.3 Å². The van der Waals surface area contributed by atoms with E-state index in [1.807, 2.05) is 0 Å². The Hall–Kier alpha value is -2.11. The molecule has 0 fully saturated rings. The number of unbranched alkanes of at least 4 members (excludes halogenated alkanes) is 35. The van der Waals surface area contributed by atoms with Gasteiger partial charge in [-0.3, -0.25) is 14.4 Å². The Kier molecular flexibility index (Phi) is 49.8. The van der Waals surface area contributed by atoms with E-state index >= 15 is 0 Å². The Bertz CT molecular complexity index is 1000. The van der Waals surface area contributed by atoms with Crippen molar-refractivity contribution in [1.29, 1.82) is 0 Å². The molecular weight excluding hydrogens is 769 g/mol. The fourth-order valence-corrected chi connectivity index (χ4v) is 8.07. The van der Waals surface area contributed by atoms with Crippen LogP contribution in [0.4, 0.5) is 0 Å². The Morgan fingerprint density at radius 1 is 0.323 bits per heavy atom. The first-order valence-corrected chi connectivity index (χ1v) is 27.3. The molecule has 1 atom stereocenters. The molecule has 0 amide bonds. The van der Waals surface area contributed by atoms with Crippen LogP contribution < -0.4 is 0 Å². The van der Waals surface area contributed by atoms with Gasteiger partial charge >= 0.3 is 17.9 Å². The third-order valence-electron chi connectivity index (χ3n) is 12.2. The molecule has 0 N–H and O–H groups in total. The van der Waals surface area contributed by atoms with E-state index in [1.54, 1.807) is 0 Å². The van der Waals surface area contributed by atoms with Crippen LogP contribution in [0.5, 0.6) is 0 Å². The Morgan fingerprint density at radius 2 is 0.613 bits per heavy atom. The highest BCUT2D eigenvalue weighted by Gasteiger charge is 2.19. The average Bonchev–Trinajstić information content (AvgIpc) is 3.27. The summed E-state index contributed by atoms with van der Waals surface area (Å²) in [6.07, 6.45) is 59.1. The molecule has 0 saturated heterocycles. The van der Waals surface area contributed by atoms with E-state index in [1.165, 1.54) is 167 Å². The van der Waals surface area contributed by atoms with Crippen molar-refractivity contribution in [3.05, 3.63) is 24.3 Å². The summed E-state index contributed by atoms with van der Waals surface area (Å²) in [6.45, 7) is 6.55. The summed E-state index contributed by atoms with van der Waals surface area (Å²) in [5.41, 5.74) is 0. The van der Waals surface area contributed by atoms with Crippen molar-refractivity contribution in [1.82, 2.24) is 0 Å². The number of esters is 3. The molecule has 6 nitrogen and oxygen atoms in total. The van der Waals surface area contributed by atoms with E-state index in [2.05, 4.69) is 45.1 Å². The molecule has 0 aliphatic heterocycles. The average molecular weight is 873 g/mol. The molecule has 1 unspecified atom stereocenters. The lowest BCUT2D eigenvalue weighted by Gasteiger charge is -2.18. The zero-order valence-corrected chi connectivity index (χ0v) is 41.7. The van der Waals surface area contributed by atoms with Crippen LogP contribution >= 0.6 is 0 Å². The summed E-state index contributed by atoms with van der Waals surface area (Å²) in [6, 6.07) is 0. The zero-order valence-electron chi connectivity index (χ0n) is 41.7. The maximum absolute atomic E-state index is 12.7. The number of ether oxygens (including phenoxy) is 3. The SMILES string of the molecule is CCC/C=C\C/C=C\CCCCCCCC(=O)OC(COC(=O)CCCCCCCCC)COC(=O)CCCCCCCCCCCCCCCCCCCCCCCCCC. The quantitative estimate of drug-likeness (QED) is 0.0262. The highest BCUT2D eigenvalue weighted by molar-refractivity contribution is 5.71. The molecule has 0 heterocycles. The van der Waals surface area contributed by atoms with Crippen LogP contribution in [0.3, 0.4) is 0 Å². The number of rotatable bonds is 50. The van der Waals surface area contributed by atoms with Crippen LogP contribution in [0.25, 0.3) is 0 Å². The van der Waals surface area contributed by atoms with Crippen molar-refractivity contribution in [2.45, 2.75) is 303 Å². The van der Waals surface area contributed by atoms with Gasteiger partial charge in [0.15, 0.2) is 6.10 Å². The lowest BCUT2D eigenvalue weighted by atomic mass is 10.0. The Labute approximate surface area is 385 Å². The number of allylic oxidation sites excluding steroid dienone is 4. The van der Waals surface area contributed by atoms with Crippen molar-refractivity contribution >= 4 is 17.9 Å². The van der Waals surface area contributed by atoms with Crippen molar-refractivity contribution in [3.8, 4) is 0 Å². The molecule has 0 aromatic carbocycles. The van der Waals surface area contributed by atoms with E-state index in [0.717, 1.165) is 89.9 Å². The first kappa shape index (κ1) is 59.9. The predicted molar refractivity (Wildman–Crippen MR) is 266 cm³/mol. The summed E-state index contributed by atoms with van der Waals surface area (Å²) in [4.78, 5) is 37.8. The van der Waals surface area contributed by atoms with Crippen LogP contribution in [-0.2, 0) is 28.6 Å². The van der Waals surface area contributed by atoms with Gasteiger partial charge < -0.3 is 14.2 Å². The van der Waals surface area contributed by atoms with Gasteiger partial charge in [0, 0.05) is 19.3 Å². The standard InChI is InChI=1S/C56H104O6/c1-4-7-10-13-16-18-20-22-23-24-25-26-27-28-29-30-31-32-34-35-37-40-43-46-49-55(58)61-52-53(51-60-54(57)48-45-42-39-15-12-9-6-3)62-56(59)50-47-44-41-38-36-33-21-19-17-14-11-8-5-2/h11,14,19,21,53H,4-10,12-13,15-18,20,22-52H2,1-3H3/b14-11-,21-19-. The van der Waals surface area contributed by atoms with E-state index in [-0.39, 0.29) is 31.1 Å². The molecule has 364 valence electrons. The highest BCUT2D eigenvalue weighted by atomic mass is 16.6. The molecule has 0 bridgehead atoms. The fourth-order valence-electron chi connectivity index (χ4n) is 8.07. The molecule has 62 heavy (non-hydrogen) atoms. The second-order valence-corrected chi connectivity index (χ2v) is 18.5. The topological polar surface area (TPSA) is 78.9 Å². The summed E-state index contributed by atoms with van der Waals surface area (Å²) in [7, 11) is 0. The lowest BCUT2D eigenvalue weighted by molar-refractivity contribution is -0.167. The maximum atomic E-state index is 12.7. The third-order valence-corrected chi connectivity index (χ3v) is 12.2. The van der Waals surface area contributed by atoms with Crippen LogP contribution in [0, 0.1) is 0 Å². The normalized spacial score (nSPS) is 12.1. The van der Waals surface area contributed by atoms with Crippen LogP contribution in [0.1, 0.15) is 297 Å². The minimum Gasteiger partial charge on any atom is -0.462 e. The first-order valence-electron chi connectivity index (χ1n) is 27.3. The van der Waals surface area contributed by atoms with Gasteiger partial charge in [-0.2, -0.15) is 0 Å². The lowest BCUT2D eigenvalue weighted by Crippen LogP contribution is -2.30. The molecule has 0 spiro atoms. The molecular formula is C56H104O6. The summed E-state index contributed by atoms with van der Waals surface area (Å²) in [5, 5.41) is 0. The molecule has 0 radical (unpaired) electrons. The first-order chi connectivity index (χ1) is 30.5. The van der Waals surface area contributed by atoms with Crippen molar-refractivity contribution in [2.75, 3.05) is 13.2 Å². The molecule has 0 aromatic rings. The van der Waals surface area contributed by atoms with Gasteiger partial charge in [-0.25, -0.2) is 0 Å². The monoisotopic (exact) mass is 873 g/mol. The molecule has 0 aliphatic rings. The summed E-state index contributed by atoms with van der Waals surface area (Å²) < 4.78 is 16.7. The van der Waals surface area contributed by atoms with E-state index < -0.39 is 6.10 Å². The third kappa shape index (κ3) is 48.9. The smallest absolute Gasteiger partial charge is 0.306 e. The van der Waals surface area contributed by atoms with Crippen LogP contribution in [0.2, 0.25) is 0 Å². The second-order valence-electron chi connectivity index (χ2n) is 18.5. The molecule has 0 rings (SSSR count). The summed E-state index contributed by atoms with van der Waals surface area (Å²) >= 11 is 0. The van der Waals surface area contributed by atoms with Crippen LogP contribution in [-0.4, -0.2) is 37.2 Å². The summed E-state index contributed by atoms with van der Waals surface area (Å²) in [5.74, 6) is -0.880. The van der Waals surface area contributed by atoms with Crippen molar-refractivity contribution in [3.63, 3.8) is 0 Å². The van der Waals surface area contributed by atoms with Crippen molar-refractivity contribution in [2.24, 2.45) is 0 Å². The van der Waals surface area contributed by atoms with Gasteiger partial charge in [0.05, 0.1) is 0 Å². The number of carbonyl (C=O) groups is 3. The molecule has 0 aromatic heterocycles. The maximum Gasteiger partial charge on any atom is 0.306 e. The largest absolute Gasteiger partial charge is 0.462 e. The molecule has 0 aliphatic carbocycles. The molecule has 6 heteroatoms. The van der Waals surface area contributed by atoms with E-state index in [4.69, 9.17) is 14.2 Å².